The molecule has 0 unspecified atom stereocenters. The molecule has 0 saturated heterocycles. The van der Waals surface area contributed by atoms with Gasteiger partial charge in [-0.3, -0.25) is 0 Å². The van der Waals surface area contributed by atoms with Crippen LogP contribution in [0, 0.1) is 18.8 Å². The first-order chi connectivity index (χ1) is 6.86. The summed E-state index contributed by atoms with van der Waals surface area (Å²) in [6, 6.07) is 6.15. The molecule has 0 spiro atoms. The fraction of sp³-hybridized carbons (Fsp3) is 0.417. The van der Waals surface area contributed by atoms with Gasteiger partial charge in [0.25, 0.3) is 0 Å². The Morgan fingerprint density at radius 2 is 2.00 bits per heavy atom. The number of hydrogen-bond donors (Lipinski definition) is 0. The summed E-state index contributed by atoms with van der Waals surface area (Å²) in [4.78, 5) is 6.80. The van der Waals surface area contributed by atoms with Gasteiger partial charge in [0.2, 0.25) is 0 Å². The summed E-state index contributed by atoms with van der Waals surface area (Å²) < 4.78 is 0. The van der Waals surface area contributed by atoms with E-state index in [0.717, 1.165) is 37.4 Å². The molecule has 2 rings (SSSR count). The van der Waals surface area contributed by atoms with E-state index >= 15 is 0 Å². The number of hydrogen-bond acceptors (Lipinski definition) is 2. The van der Waals surface area contributed by atoms with E-state index in [9.17, 15) is 0 Å². The average molecular weight is 188 g/mol. The Balaban J connectivity index is 0.00000112. The van der Waals surface area contributed by atoms with Crippen molar-refractivity contribution < 1.29 is 1.43 Å². The van der Waals surface area contributed by atoms with Gasteiger partial charge < -0.3 is 4.90 Å². The summed E-state index contributed by atoms with van der Waals surface area (Å²) in [5.74, 6) is 7.36. The zero-order valence-electron chi connectivity index (χ0n) is 8.45. The van der Waals surface area contributed by atoms with Crippen molar-refractivity contribution in [3.05, 3.63) is 23.9 Å². The number of rotatable bonds is 1. The molecule has 1 aliphatic rings. The van der Waals surface area contributed by atoms with Crippen LogP contribution in [0.15, 0.2) is 18.2 Å². The van der Waals surface area contributed by atoms with E-state index in [1.54, 1.807) is 0 Å². The molecular formula is C12H16N2. The highest BCUT2D eigenvalue weighted by Crippen LogP contribution is 2.12. The van der Waals surface area contributed by atoms with Crippen molar-refractivity contribution in [2.75, 3.05) is 18.0 Å². The summed E-state index contributed by atoms with van der Waals surface area (Å²) in [5.41, 5.74) is 1.08. The molecule has 1 aromatic rings. The highest BCUT2D eigenvalue weighted by molar-refractivity contribution is 5.40. The summed E-state index contributed by atoms with van der Waals surface area (Å²) in [6.07, 6.45) is 1.91. The summed E-state index contributed by atoms with van der Waals surface area (Å²) in [5, 5.41) is 0. The minimum absolute atomic E-state index is 0. The van der Waals surface area contributed by atoms with Gasteiger partial charge in [0.15, 0.2) is 0 Å². The van der Waals surface area contributed by atoms with E-state index < -0.39 is 0 Å². The zero-order valence-corrected chi connectivity index (χ0v) is 8.45. The molecule has 2 heterocycles. The molecule has 0 saturated carbocycles. The van der Waals surface area contributed by atoms with Gasteiger partial charge in [0.05, 0.1) is 0 Å². The standard InChI is InChI=1S/C12H14N2.H2/c1-11-7-6-8-12(13-11)14-9-4-2-3-5-10-14;/h6-8H,4-5,9-10H2,1H3;1H. The number of anilines is 1. The normalized spacial score (nSPS) is 15.6. The van der Waals surface area contributed by atoms with Gasteiger partial charge in [-0.05, 0) is 19.1 Å². The second-order valence-electron chi connectivity index (χ2n) is 3.48. The van der Waals surface area contributed by atoms with Crippen LogP contribution < -0.4 is 4.90 Å². The second-order valence-corrected chi connectivity index (χ2v) is 3.48. The lowest BCUT2D eigenvalue weighted by Gasteiger charge is -2.21. The smallest absolute Gasteiger partial charge is 0.128 e. The topological polar surface area (TPSA) is 16.1 Å². The van der Waals surface area contributed by atoms with Crippen molar-refractivity contribution in [2.45, 2.75) is 19.8 Å². The van der Waals surface area contributed by atoms with Gasteiger partial charge in [0, 0.05) is 33.1 Å². The average Bonchev–Trinajstić information content (AvgIpc) is 2.45. The highest BCUT2D eigenvalue weighted by Gasteiger charge is 2.07. The largest absolute Gasteiger partial charge is 0.355 e. The molecular weight excluding hydrogens is 172 g/mol. The van der Waals surface area contributed by atoms with E-state index in [0.29, 0.717) is 0 Å². The second kappa shape index (κ2) is 4.15. The monoisotopic (exact) mass is 188 g/mol. The van der Waals surface area contributed by atoms with Crippen molar-refractivity contribution in [3.8, 4) is 11.8 Å². The first kappa shape index (κ1) is 9.08. The predicted octanol–water partition coefficient (Wildman–Crippen LogP) is 2.24. The minimum atomic E-state index is 0. The van der Waals surface area contributed by atoms with E-state index in [1.165, 1.54) is 0 Å². The first-order valence-electron chi connectivity index (χ1n) is 5.00. The van der Waals surface area contributed by atoms with Crippen molar-refractivity contribution in [1.82, 2.24) is 4.98 Å². The van der Waals surface area contributed by atoms with Crippen molar-refractivity contribution in [1.29, 1.82) is 0 Å². The van der Waals surface area contributed by atoms with Crippen molar-refractivity contribution in [3.63, 3.8) is 0 Å². The number of aryl methyl sites for hydroxylation is 1. The lowest BCUT2D eigenvalue weighted by molar-refractivity contribution is 0.798. The molecule has 0 bridgehead atoms. The van der Waals surface area contributed by atoms with Crippen LogP contribution >= 0.6 is 0 Å². The molecule has 2 nitrogen and oxygen atoms in total. The van der Waals surface area contributed by atoms with Crippen LogP contribution in [0.2, 0.25) is 0 Å². The molecule has 0 radical (unpaired) electrons. The third-order valence-electron chi connectivity index (χ3n) is 2.34. The van der Waals surface area contributed by atoms with Crippen LogP contribution in [0.3, 0.4) is 0 Å². The van der Waals surface area contributed by atoms with Crippen LogP contribution in [0.1, 0.15) is 20.0 Å². The SMILES string of the molecule is Cc1cccc(N2CCC#CCC2)n1.[HH]. The van der Waals surface area contributed by atoms with Gasteiger partial charge in [-0.15, -0.1) is 11.8 Å². The maximum absolute atomic E-state index is 4.51. The van der Waals surface area contributed by atoms with Gasteiger partial charge in [0.1, 0.15) is 5.82 Å². The predicted molar refractivity (Wildman–Crippen MR) is 60.3 cm³/mol. The molecule has 1 aromatic heterocycles. The van der Waals surface area contributed by atoms with E-state index in [2.05, 4.69) is 33.9 Å². The van der Waals surface area contributed by atoms with Crippen LogP contribution in [0.25, 0.3) is 0 Å². The molecule has 1 aliphatic heterocycles. The highest BCUT2D eigenvalue weighted by atomic mass is 15.2. The number of aromatic nitrogens is 1. The number of pyridine rings is 1. The quantitative estimate of drug-likeness (QED) is 0.628. The molecule has 2 heteroatoms. The Morgan fingerprint density at radius 3 is 2.64 bits per heavy atom. The maximum atomic E-state index is 4.51. The van der Waals surface area contributed by atoms with Gasteiger partial charge in [-0.25, -0.2) is 4.98 Å². The first-order valence-corrected chi connectivity index (χ1v) is 5.00. The van der Waals surface area contributed by atoms with E-state index in [1.807, 2.05) is 13.0 Å². The zero-order chi connectivity index (χ0) is 9.80. The van der Waals surface area contributed by atoms with Crippen LogP contribution in [0.5, 0.6) is 0 Å². The summed E-state index contributed by atoms with van der Waals surface area (Å²) in [6.45, 7) is 4.03. The summed E-state index contributed by atoms with van der Waals surface area (Å²) in [7, 11) is 0. The van der Waals surface area contributed by atoms with E-state index in [4.69, 9.17) is 0 Å². The van der Waals surface area contributed by atoms with E-state index in [-0.39, 0.29) is 1.43 Å². The molecule has 0 aliphatic carbocycles. The lowest BCUT2D eigenvalue weighted by Crippen LogP contribution is -2.25. The molecule has 0 atom stereocenters. The number of nitrogens with zero attached hydrogens (tertiary/aromatic N) is 2. The van der Waals surface area contributed by atoms with Crippen LogP contribution in [-0.4, -0.2) is 18.1 Å². The molecule has 0 aromatic carbocycles. The Morgan fingerprint density at radius 1 is 1.29 bits per heavy atom. The molecule has 0 N–H and O–H groups in total. The molecule has 74 valence electrons. The van der Waals surface area contributed by atoms with Gasteiger partial charge >= 0.3 is 0 Å². The fourth-order valence-corrected chi connectivity index (χ4v) is 1.60. The minimum Gasteiger partial charge on any atom is -0.355 e. The summed E-state index contributed by atoms with van der Waals surface area (Å²) >= 11 is 0. The third-order valence-corrected chi connectivity index (χ3v) is 2.34. The lowest BCUT2D eigenvalue weighted by atomic mass is 10.3. The van der Waals surface area contributed by atoms with Crippen LogP contribution in [0.4, 0.5) is 5.82 Å². The van der Waals surface area contributed by atoms with Gasteiger partial charge in [-0.1, -0.05) is 6.07 Å². The molecule has 0 fully saturated rings. The Labute approximate surface area is 86.4 Å². The third kappa shape index (κ3) is 2.05. The Bertz CT molecular complexity index is 367. The maximum Gasteiger partial charge on any atom is 0.128 e. The van der Waals surface area contributed by atoms with Crippen molar-refractivity contribution >= 4 is 5.82 Å². The van der Waals surface area contributed by atoms with Crippen molar-refractivity contribution in [2.24, 2.45) is 0 Å². The Hall–Kier alpha value is -1.49. The van der Waals surface area contributed by atoms with Crippen LogP contribution in [-0.2, 0) is 0 Å². The molecule has 0 amide bonds. The molecule has 14 heavy (non-hydrogen) atoms. The Kier molecular flexibility index (Phi) is 2.69. The van der Waals surface area contributed by atoms with Gasteiger partial charge in [-0.2, -0.15) is 0 Å². The fourth-order valence-electron chi connectivity index (χ4n) is 1.60.